The Hall–Kier alpha value is -2.74. The standard InChI is InChI=1S/C16H18N4O/c1-11-9-12(2)20-16(13(11)10-17)19-7-8-21-15-6-4-3-5-14(15)18/h3-6,9H,7-8,18H2,1-2H3,(H,19,20). The van der Waals surface area contributed by atoms with Gasteiger partial charge in [0.05, 0.1) is 17.8 Å². The molecule has 2 aromatic rings. The summed E-state index contributed by atoms with van der Waals surface area (Å²) in [5, 5.41) is 12.3. The van der Waals surface area contributed by atoms with Gasteiger partial charge < -0.3 is 15.8 Å². The monoisotopic (exact) mass is 282 g/mol. The highest BCUT2D eigenvalue weighted by Gasteiger charge is 2.08. The third-order valence-corrected chi connectivity index (χ3v) is 3.03. The Balaban J connectivity index is 1.96. The largest absolute Gasteiger partial charge is 0.490 e. The Morgan fingerprint density at radius 3 is 2.81 bits per heavy atom. The molecule has 0 bridgehead atoms. The Bertz CT molecular complexity index is 676. The van der Waals surface area contributed by atoms with E-state index in [1.807, 2.05) is 38.1 Å². The van der Waals surface area contributed by atoms with Crippen LogP contribution in [0, 0.1) is 25.2 Å². The van der Waals surface area contributed by atoms with Crippen LogP contribution in [-0.4, -0.2) is 18.1 Å². The van der Waals surface area contributed by atoms with Crippen molar-refractivity contribution in [3.8, 4) is 11.8 Å². The number of nitrogens with one attached hydrogen (secondary N) is 1. The third-order valence-electron chi connectivity index (χ3n) is 3.03. The van der Waals surface area contributed by atoms with E-state index < -0.39 is 0 Å². The summed E-state index contributed by atoms with van der Waals surface area (Å²) in [6.07, 6.45) is 0. The van der Waals surface area contributed by atoms with Gasteiger partial charge in [-0.1, -0.05) is 12.1 Å². The van der Waals surface area contributed by atoms with E-state index in [-0.39, 0.29) is 0 Å². The number of benzene rings is 1. The molecule has 1 aromatic carbocycles. The molecule has 108 valence electrons. The lowest BCUT2D eigenvalue weighted by Crippen LogP contribution is -2.14. The molecule has 3 N–H and O–H groups in total. The number of aryl methyl sites for hydroxylation is 2. The van der Waals surface area contributed by atoms with E-state index in [1.165, 1.54) is 0 Å². The van der Waals surface area contributed by atoms with Gasteiger partial charge in [-0.15, -0.1) is 0 Å². The van der Waals surface area contributed by atoms with Crippen LogP contribution in [0.3, 0.4) is 0 Å². The maximum absolute atomic E-state index is 9.18. The first-order valence-electron chi connectivity index (χ1n) is 6.71. The number of rotatable bonds is 5. The number of hydrogen-bond acceptors (Lipinski definition) is 5. The molecule has 0 radical (unpaired) electrons. The molecule has 1 aromatic heterocycles. The van der Waals surface area contributed by atoms with E-state index in [0.717, 1.165) is 11.3 Å². The van der Waals surface area contributed by atoms with Gasteiger partial charge in [-0.05, 0) is 37.6 Å². The van der Waals surface area contributed by atoms with E-state index in [9.17, 15) is 5.26 Å². The number of aromatic nitrogens is 1. The number of nitrogens with zero attached hydrogens (tertiary/aromatic N) is 2. The van der Waals surface area contributed by atoms with Crippen LogP contribution < -0.4 is 15.8 Å². The number of pyridine rings is 1. The lowest BCUT2D eigenvalue weighted by atomic mass is 10.1. The molecule has 0 aliphatic rings. The molecule has 0 saturated heterocycles. The van der Waals surface area contributed by atoms with Crippen molar-refractivity contribution in [1.29, 1.82) is 5.26 Å². The third kappa shape index (κ3) is 3.63. The number of anilines is 2. The first-order chi connectivity index (χ1) is 10.1. The van der Waals surface area contributed by atoms with Gasteiger partial charge in [0.15, 0.2) is 0 Å². The SMILES string of the molecule is Cc1cc(C)c(C#N)c(NCCOc2ccccc2N)n1. The fourth-order valence-electron chi connectivity index (χ4n) is 2.05. The molecule has 21 heavy (non-hydrogen) atoms. The maximum atomic E-state index is 9.18. The molecule has 5 heteroatoms. The summed E-state index contributed by atoms with van der Waals surface area (Å²) < 4.78 is 5.59. The molecule has 5 nitrogen and oxygen atoms in total. The first-order valence-corrected chi connectivity index (χ1v) is 6.71. The zero-order valence-electron chi connectivity index (χ0n) is 12.2. The summed E-state index contributed by atoms with van der Waals surface area (Å²) in [4.78, 5) is 4.35. The van der Waals surface area contributed by atoms with Gasteiger partial charge >= 0.3 is 0 Å². The average molecular weight is 282 g/mol. The molecule has 0 fully saturated rings. The number of ether oxygens (including phenoxy) is 1. The summed E-state index contributed by atoms with van der Waals surface area (Å²) in [5.41, 5.74) is 8.77. The van der Waals surface area contributed by atoms with Crippen LogP contribution in [0.4, 0.5) is 11.5 Å². The number of nitrogens with two attached hydrogens (primary N) is 1. The summed E-state index contributed by atoms with van der Waals surface area (Å²) >= 11 is 0. The van der Waals surface area contributed by atoms with Crippen LogP contribution in [0.15, 0.2) is 30.3 Å². The van der Waals surface area contributed by atoms with Gasteiger partial charge in [-0.3, -0.25) is 0 Å². The number of nitriles is 1. The summed E-state index contributed by atoms with van der Waals surface area (Å²) in [6.45, 7) is 4.78. The zero-order chi connectivity index (χ0) is 15.2. The van der Waals surface area contributed by atoms with E-state index >= 15 is 0 Å². The molecule has 0 aliphatic carbocycles. The van der Waals surface area contributed by atoms with Crippen LogP contribution in [0.25, 0.3) is 0 Å². The molecular formula is C16H18N4O. The Kier molecular flexibility index (Phi) is 4.62. The lowest BCUT2D eigenvalue weighted by Gasteiger charge is -2.12. The first kappa shape index (κ1) is 14.7. The molecule has 1 heterocycles. The van der Waals surface area contributed by atoms with Crippen LogP contribution in [0.1, 0.15) is 16.8 Å². The normalized spacial score (nSPS) is 9.95. The zero-order valence-corrected chi connectivity index (χ0v) is 12.2. The van der Waals surface area contributed by atoms with Crippen molar-refractivity contribution in [2.75, 3.05) is 24.2 Å². The number of hydrogen-bond donors (Lipinski definition) is 2. The van der Waals surface area contributed by atoms with Gasteiger partial charge in [-0.2, -0.15) is 5.26 Å². The minimum absolute atomic E-state index is 0.438. The fourth-order valence-corrected chi connectivity index (χ4v) is 2.05. The topological polar surface area (TPSA) is 84.0 Å². The second-order valence-corrected chi connectivity index (χ2v) is 4.73. The highest BCUT2D eigenvalue weighted by molar-refractivity contribution is 5.56. The second-order valence-electron chi connectivity index (χ2n) is 4.73. The van der Waals surface area contributed by atoms with E-state index in [2.05, 4.69) is 16.4 Å². The summed E-state index contributed by atoms with van der Waals surface area (Å²) in [7, 11) is 0. The predicted molar refractivity (Wildman–Crippen MR) is 83.3 cm³/mol. The van der Waals surface area contributed by atoms with E-state index in [4.69, 9.17) is 10.5 Å². The van der Waals surface area contributed by atoms with Crippen molar-refractivity contribution in [1.82, 2.24) is 4.98 Å². The summed E-state index contributed by atoms with van der Waals surface area (Å²) in [5.74, 6) is 1.26. The molecule has 0 atom stereocenters. The van der Waals surface area contributed by atoms with Crippen LogP contribution in [0.2, 0.25) is 0 Å². The Morgan fingerprint density at radius 2 is 2.10 bits per heavy atom. The number of nitrogen functional groups attached to an aromatic ring is 1. The molecule has 0 aliphatic heterocycles. The molecule has 0 spiro atoms. The predicted octanol–water partition coefficient (Wildman–Crippen LogP) is 2.64. The van der Waals surface area contributed by atoms with Crippen LogP contribution in [0.5, 0.6) is 5.75 Å². The average Bonchev–Trinajstić information content (AvgIpc) is 2.45. The molecule has 0 amide bonds. The molecule has 0 unspecified atom stereocenters. The van der Waals surface area contributed by atoms with Crippen molar-refractivity contribution in [2.24, 2.45) is 0 Å². The van der Waals surface area contributed by atoms with Crippen molar-refractivity contribution in [2.45, 2.75) is 13.8 Å². The van der Waals surface area contributed by atoms with Crippen molar-refractivity contribution < 1.29 is 4.74 Å². The fraction of sp³-hybridized carbons (Fsp3) is 0.250. The van der Waals surface area contributed by atoms with Gasteiger partial charge in [-0.25, -0.2) is 4.98 Å². The molecule has 0 saturated carbocycles. The quantitative estimate of drug-likeness (QED) is 0.650. The second kappa shape index (κ2) is 6.62. The maximum Gasteiger partial charge on any atom is 0.144 e. The number of para-hydroxylation sites is 2. The van der Waals surface area contributed by atoms with E-state index in [0.29, 0.717) is 36.0 Å². The summed E-state index contributed by atoms with van der Waals surface area (Å²) in [6, 6.07) is 11.4. The lowest BCUT2D eigenvalue weighted by molar-refractivity contribution is 0.334. The van der Waals surface area contributed by atoms with E-state index in [1.54, 1.807) is 6.07 Å². The Labute approximate surface area is 124 Å². The highest BCUT2D eigenvalue weighted by Crippen LogP contribution is 2.20. The smallest absolute Gasteiger partial charge is 0.144 e. The molecule has 2 rings (SSSR count). The minimum atomic E-state index is 0.438. The van der Waals surface area contributed by atoms with Crippen LogP contribution in [-0.2, 0) is 0 Å². The van der Waals surface area contributed by atoms with Crippen molar-refractivity contribution in [3.05, 3.63) is 47.2 Å². The van der Waals surface area contributed by atoms with Gasteiger partial charge in [0.1, 0.15) is 24.2 Å². The van der Waals surface area contributed by atoms with Crippen molar-refractivity contribution in [3.63, 3.8) is 0 Å². The Morgan fingerprint density at radius 1 is 1.33 bits per heavy atom. The van der Waals surface area contributed by atoms with Gasteiger partial charge in [0, 0.05) is 5.69 Å². The minimum Gasteiger partial charge on any atom is -0.490 e. The van der Waals surface area contributed by atoms with Gasteiger partial charge in [0.2, 0.25) is 0 Å². The highest BCUT2D eigenvalue weighted by atomic mass is 16.5. The van der Waals surface area contributed by atoms with Crippen molar-refractivity contribution >= 4 is 11.5 Å². The van der Waals surface area contributed by atoms with Gasteiger partial charge in [0.25, 0.3) is 0 Å². The molecular weight excluding hydrogens is 264 g/mol. The van der Waals surface area contributed by atoms with Crippen LogP contribution >= 0.6 is 0 Å².